The Kier molecular flexibility index (Phi) is 6.22. The van der Waals surface area contributed by atoms with Gasteiger partial charge in [-0.25, -0.2) is 18.4 Å². The Labute approximate surface area is 214 Å². The van der Waals surface area contributed by atoms with Gasteiger partial charge in [0.15, 0.2) is 0 Å². The van der Waals surface area contributed by atoms with Gasteiger partial charge >= 0.3 is 0 Å². The molecule has 1 N–H and O–H groups in total. The number of benzene rings is 3. The molecular weight excluding hydrogens is 488 g/mol. The fourth-order valence-electron chi connectivity index (χ4n) is 4.22. The molecule has 9 heteroatoms. The van der Waals surface area contributed by atoms with Crippen molar-refractivity contribution in [2.45, 2.75) is 18.7 Å². The van der Waals surface area contributed by atoms with Crippen LogP contribution in [0.15, 0.2) is 94.7 Å². The first-order valence-corrected chi connectivity index (χ1v) is 13.0. The highest BCUT2D eigenvalue weighted by Crippen LogP contribution is 2.31. The highest BCUT2D eigenvalue weighted by molar-refractivity contribution is 7.92. The Hall–Kier alpha value is -4.50. The lowest BCUT2D eigenvalue weighted by Gasteiger charge is -2.16. The predicted octanol–water partition coefficient (Wildman–Crippen LogP) is 4.87. The summed E-state index contributed by atoms with van der Waals surface area (Å²) in [6.45, 7) is 3.71. The molecule has 0 aliphatic heterocycles. The van der Waals surface area contributed by atoms with Gasteiger partial charge in [-0.05, 0) is 67.4 Å². The van der Waals surface area contributed by atoms with Gasteiger partial charge in [-0.15, -0.1) is 0 Å². The van der Waals surface area contributed by atoms with Crippen molar-refractivity contribution in [2.24, 2.45) is 0 Å². The van der Waals surface area contributed by atoms with Crippen LogP contribution < -0.4 is 15.0 Å². The van der Waals surface area contributed by atoms with E-state index in [9.17, 15) is 13.2 Å². The van der Waals surface area contributed by atoms with Crippen molar-refractivity contribution in [3.63, 3.8) is 0 Å². The molecule has 0 aliphatic carbocycles. The molecule has 2 heterocycles. The molecule has 0 saturated heterocycles. The summed E-state index contributed by atoms with van der Waals surface area (Å²) >= 11 is 0. The number of methoxy groups -OCH3 is 1. The molecule has 0 radical (unpaired) electrons. The second kappa shape index (κ2) is 9.51. The van der Waals surface area contributed by atoms with E-state index in [0.29, 0.717) is 28.2 Å². The van der Waals surface area contributed by atoms with E-state index < -0.39 is 10.0 Å². The molecule has 0 saturated carbocycles. The van der Waals surface area contributed by atoms with E-state index in [1.165, 1.54) is 35.0 Å². The first kappa shape index (κ1) is 24.2. The molecule has 8 nitrogen and oxygen atoms in total. The highest BCUT2D eigenvalue weighted by Gasteiger charge is 2.18. The predicted molar refractivity (Wildman–Crippen MR) is 144 cm³/mol. The molecular formula is C28H24N4O4S. The van der Waals surface area contributed by atoms with Crippen molar-refractivity contribution < 1.29 is 13.2 Å². The van der Waals surface area contributed by atoms with Crippen molar-refractivity contribution in [2.75, 3.05) is 11.8 Å². The van der Waals surface area contributed by atoms with Crippen LogP contribution in [0.25, 0.3) is 27.7 Å². The quantitative estimate of drug-likeness (QED) is 0.348. The van der Waals surface area contributed by atoms with E-state index in [1.807, 2.05) is 43.3 Å². The zero-order valence-corrected chi connectivity index (χ0v) is 21.3. The standard InChI is InChI=1S/C28H24N4O4S/c1-18-5-4-6-20(15-18)21-7-10-25(26(17-21)36-3)32-24-11-9-23(16-22(24)8-12-28(32)33)37(34,35)31-27-13-14-29-19(2)30-27/h4-17H,1-3H3,(H,29,30,31). The van der Waals surface area contributed by atoms with Gasteiger partial charge in [0.05, 0.1) is 23.2 Å². The minimum absolute atomic E-state index is 0.0447. The van der Waals surface area contributed by atoms with Gasteiger partial charge in [0.2, 0.25) is 0 Å². The zero-order chi connectivity index (χ0) is 26.2. The summed E-state index contributed by atoms with van der Waals surface area (Å²) in [5, 5.41) is 0.575. The van der Waals surface area contributed by atoms with Gasteiger partial charge < -0.3 is 4.74 Å². The molecule has 2 aromatic heterocycles. The number of sulfonamides is 1. The van der Waals surface area contributed by atoms with Crippen molar-refractivity contribution in [1.82, 2.24) is 14.5 Å². The average Bonchev–Trinajstić information content (AvgIpc) is 2.88. The number of hydrogen-bond acceptors (Lipinski definition) is 6. The van der Waals surface area contributed by atoms with Crippen LogP contribution >= 0.6 is 0 Å². The number of fused-ring (bicyclic) bond motifs is 1. The monoisotopic (exact) mass is 512 g/mol. The van der Waals surface area contributed by atoms with E-state index in [2.05, 4.69) is 20.8 Å². The maximum absolute atomic E-state index is 13.0. The number of aromatic nitrogens is 3. The minimum Gasteiger partial charge on any atom is -0.495 e. The summed E-state index contributed by atoms with van der Waals surface area (Å²) in [5.41, 5.74) is 3.97. The van der Waals surface area contributed by atoms with E-state index in [4.69, 9.17) is 4.74 Å². The third-order valence-electron chi connectivity index (χ3n) is 5.96. The Balaban J connectivity index is 1.59. The molecule has 0 unspecified atom stereocenters. The molecule has 186 valence electrons. The molecule has 0 fully saturated rings. The van der Waals surface area contributed by atoms with Crippen molar-refractivity contribution in [1.29, 1.82) is 0 Å². The number of anilines is 1. The van der Waals surface area contributed by atoms with Gasteiger partial charge in [0, 0.05) is 17.6 Å². The average molecular weight is 513 g/mol. The van der Waals surface area contributed by atoms with Crippen LogP contribution in [0.3, 0.4) is 0 Å². The summed E-state index contributed by atoms with van der Waals surface area (Å²) in [7, 11) is -2.36. The highest BCUT2D eigenvalue weighted by atomic mass is 32.2. The van der Waals surface area contributed by atoms with Gasteiger partial charge in [-0.3, -0.25) is 14.1 Å². The fraction of sp³-hybridized carbons (Fsp3) is 0.107. The fourth-order valence-corrected chi connectivity index (χ4v) is 5.25. The Morgan fingerprint density at radius 1 is 0.892 bits per heavy atom. The summed E-state index contributed by atoms with van der Waals surface area (Å²) in [5.74, 6) is 1.15. The van der Waals surface area contributed by atoms with Crippen LogP contribution in [0.1, 0.15) is 11.4 Å². The lowest BCUT2D eigenvalue weighted by molar-refractivity contribution is 0.413. The second-order valence-corrected chi connectivity index (χ2v) is 10.3. The number of pyridine rings is 1. The number of ether oxygens (including phenoxy) is 1. The minimum atomic E-state index is -3.91. The topological polar surface area (TPSA) is 103 Å². The maximum Gasteiger partial charge on any atom is 0.263 e. The third-order valence-corrected chi connectivity index (χ3v) is 7.32. The van der Waals surface area contributed by atoms with E-state index in [0.717, 1.165) is 16.7 Å². The van der Waals surface area contributed by atoms with Crippen LogP contribution in [0.2, 0.25) is 0 Å². The first-order valence-electron chi connectivity index (χ1n) is 11.5. The van der Waals surface area contributed by atoms with Crippen molar-refractivity contribution in [3.8, 4) is 22.6 Å². The summed E-state index contributed by atoms with van der Waals surface area (Å²) in [6, 6.07) is 22.9. The number of nitrogens with one attached hydrogen (secondary N) is 1. The molecule has 0 atom stereocenters. The van der Waals surface area contributed by atoms with Gasteiger partial charge in [-0.2, -0.15) is 0 Å². The largest absolute Gasteiger partial charge is 0.495 e. The number of aryl methyl sites for hydroxylation is 2. The number of rotatable bonds is 6. The normalized spacial score (nSPS) is 11.4. The van der Waals surface area contributed by atoms with Crippen LogP contribution in [0.4, 0.5) is 5.82 Å². The molecule has 0 amide bonds. The van der Waals surface area contributed by atoms with Gasteiger partial charge in [0.1, 0.15) is 17.4 Å². The second-order valence-electron chi connectivity index (χ2n) is 8.58. The summed E-state index contributed by atoms with van der Waals surface area (Å²) in [6.07, 6.45) is 1.48. The molecule has 0 aliphatic rings. The summed E-state index contributed by atoms with van der Waals surface area (Å²) in [4.78, 5) is 21.1. The SMILES string of the molecule is COc1cc(-c2cccc(C)c2)ccc1-n1c(=O)ccc2cc(S(=O)(=O)Nc3ccnc(C)n3)ccc21. The Morgan fingerprint density at radius 3 is 2.46 bits per heavy atom. The van der Waals surface area contributed by atoms with Gasteiger partial charge in [0.25, 0.3) is 15.6 Å². The molecule has 5 rings (SSSR count). The van der Waals surface area contributed by atoms with E-state index in [1.54, 1.807) is 26.2 Å². The van der Waals surface area contributed by atoms with Crippen LogP contribution in [0.5, 0.6) is 5.75 Å². The zero-order valence-electron chi connectivity index (χ0n) is 20.5. The Bertz CT molecular complexity index is 1810. The number of hydrogen-bond donors (Lipinski definition) is 1. The third kappa shape index (κ3) is 4.81. The van der Waals surface area contributed by atoms with Crippen molar-refractivity contribution in [3.05, 3.63) is 107 Å². The maximum atomic E-state index is 13.0. The van der Waals surface area contributed by atoms with Crippen LogP contribution in [-0.2, 0) is 10.0 Å². The Morgan fingerprint density at radius 2 is 1.70 bits per heavy atom. The molecule has 5 aromatic rings. The molecule has 0 bridgehead atoms. The smallest absolute Gasteiger partial charge is 0.263 e. The molecule has 0 spiro atoms. The van der Waals surface area contributed by atoms with E-state index >= 15 is 0 Å². The number of nitrogens with zero attached hydrogens (tertiary/aromatic N) is 3. The molecule has 3 aromatic carbocycles. The summed E-state index contributed by atoms with van der Waals surface area (Å²) < 4.78 is 35.7. The molecule has 37 heavy (non-hydrogen) atoms. The van der Waals surface area contributed by atoms with Crippen molar-refractivity contribution >= 4 is 26.7 Å². The first-order chi connectivity index (χ1) is 17.7. The lowest BCUT2D eigenvalue weighted by atomic mass is 10.0. The van der Waals surface area contributed by atoms with Crippen LogP contribution in [0, 0.1) is 13.8 Å². The van der Waals surface area contributed by atoms with Gasteiger partial charge in [-0.1, -0.05) is 35.9 Å². The van der Waals surface area contributed by atoms with E-state index in [-0.39, 0.29) is 16.3 Å². The van der Waals surface area contributed by atoms with Crippen LogP contribution in [-0.4, -0.2) is 30.1 Å². The lowest BCUT2D eigenvalue weighted by Crippen LogP contribution is -2.19.